The van der Waals surface area contributed by atoms with Crippen molar-refractivity contribution < 1.29 is 24.2 Å². The van der Waals surface area contributed by atoms with Crippen LogP contribution in [0.25, 0.3) is 0 Å². The molecule has 9 heteroatoms. The first-order chi connectivity index (χ1) is 15.4. The number of phenolic OH excluding ortho intramolecular Hbond substituents is 1. The summed E-state index contributed by atoms with van der Waals surface area (Å²) >= 11 is 0. The first kappa shape index (κ1) is 23.3. The van der Waals surface area contributed by atoms with Crippen molar-refractivity contribution in [3.05, 3.63) is 41.1 Å². The molecule has 2 aromatic rings. The maximum absolute atomic E-state index is 12.2. The van der Waals surface area contributed by atoms with Gasteiger partial charge in [0, 0.05) is 18.0 Å². The number of hydrogen-bond acceptors (Lipinski definition) is 6. The SMILES string of the molecule is CC(C)NC(=O)OC1CCCC1.O=Cc1c(O)ccc2c1CC(C(=O)Nc1ccn[nH]1)C2. The van der Waals surface area contributed by atoms with E-state index in [1.165, 1.54) is 18.9 Å². The molecule has 2 amide bonds. The lowest BCUT2D eigenvalue weighted by atomic mass is 10.0. The number of H-pyrrole nitrogens is 1. The number of nitrogens with zero attached hydrogens (tertiary/aromatic N) is 1. The molecule has 172 valence electrons. The van der Waals surface area contributed by atoms with E-state index >= 15 is 0 Å². The molecule has 1 atom stereocenters. The Morgan fingerprint density at radius 3 is 2.59 bits per heavy atom. The van der Waals surface area contributed by atoms with Gasteiger partial charge < -0.3 is 20.5 Å². The van der Waals surface area contributed by atoms with Crippen LogP contribution < -0.4 is 10.6 Å². The number of aromatic hydroxyl groups is 1. The smallest absolute Gasteiger partial charge is 0.407 e. The van der Waals surface area contributed by atoms with Crippen LogP contribution in [0.4, 0.5) is 10.6 Å². The zero-order valence-corrected chi connectivity index (χ0v) is 18.4. The topological polar surface area (TPSA) is 133 Å². The van der Waals surface area contributed by atoms with Crippen LogP contribution in [-0.2, 0) is 22.4 Å². The van der Waals surface area contributed by atoms with Crippen molar-refractivity contribution in [2.45, 2.75) is 64.5 Å². The number of benzene rings is 1. The summed E-state index contributed by atoms with van der Waals surface area (Å²) < 4.78 is 5.17. The highest BCUT2D eigenvalue weighted by molar-refractivity contribution is 5.93. The van der Waals surface area contributed by atoms with Gasteiger partial charge in [-0.05, 0) is 69.6 Å². The molecule has 0 bridgehead atoms. The van der Waals surface area contributed by atoms with Crippen molar-refractivity contribution in [3.63, 3.8) is 0 Å². The Morgan fingerprint density at radius 1 is 1.22 bits per heavy atom. The molecule has 32 heavy (non-hydrogen) atoms. The van der Waals surface area contributed by atoms with Crippen LogP contribution in [0.5, 0.6) is 5.75 Å². The predicted molar refractivity (Wildman–Crippen MR) is 119 cm³/mol. The minimum Gasteiger partial charge on any atom is -0.507 e. The maximum atomic E-state index is 12.2. The van der Waals surface area contributed by atoms with Crippen LogP contribution >= 0.6 is 0 Å². The third-order valence-corrected chi connectivity index (χ3v) is 5.58. The zero-order valence-electron chi connectivity index (χ0n) is 18.4. The molecule has 1 saturated carbocycles. The van der Waals surface area contributed by atoms with Gasteiger partial charge in [-0.15, -0.1) is 0 Å². The van der Waals surface area contributed by atoms with Gasteiger partial charge in [-0.2, -0.15) is 5.10 Å². The van der Waals surface area contributed by atoms with E-state index in [4.69, 9.17) is 4.74 Å². The fourth-order valence-corrected chi connectivity index (χ4v) is 4.02. The van der Waals surface area contributed by atoms with E-state index in [9.17, 15) is 19.5 Å². The number of amides is 2. The van der Waals surface area contributed by atoms with E-state index in [-0.39, 0.29) is 35.8 Å². The number of anilines is 1. The van der Waals surface area contributed by atoms with Crippen molar-refractivity contribution in [3.8, 4) is 5.75 Å². The van der Waals surface area contributed by atoms with Gasteiger partial charge in [0.1, 0.15) is 17.7 Å². The number of nitrogens with one attached hydrogen (secondary N) is 3. The van der Waals surface area contributed by atoms with Crippen molar-refractivity contribution >= 4 is 24.1 Å². The van der Waals surface area contributed by atoms with Crippen LogP contribution in [0.15, 0.2) is 24.4 Å². The highest BCUT2D eigenvalue weighted by atomic mass is 16.6. The number of aromatic amines is 1. The second-order valence-corrected chi connectivity index (χ2v) is 8.43. The number of carbonyl (C=O) groups is 3. The largest absolute Gasteiger partial charge is 0.507 e. The first-order valence-electron chi connectivity index (χ1n) is 10.9. The number of hydrogen-bond donors (Lipinski definition) is 4. The number of aldehydes is 1. The fourth-order valence-electron chi connectivity index (χ4n) is 4.02. The molecule has 1 aromatic carbocycles. The third kappa shape index (κ3) is 6.09. The average Bonchev–Trinajstić information content (AvgIpc) is 3.49. The Kier molecular flexibility index (Phi) is 7.86. The molecular weight excluding hydrogens is 412 g/mol. The standard InChI is InChI=1S/C14H13N3O3.C9H17NO2/c18-7-11-10-6-9(5-8(10)1-2-12(11)19)14(20)16-13-3-4-15-17-13;1-7(2)10-9(11)12-8-5-3-4-6-8/h1-4,7,9,19H,5-6H2,(H2,15,16,17,20);7-8H,3-6H2,1-2H3,(H,10,11). The van der Waals surface area contributed by atoms with Gasteiger partial charge in [-0.25, -0.2) is 4.79 Å². The Labute approximate surface area is 186 Å². The fraction of sp³-hybridized carbons (Fsp3) is 0.478. The zero-order chi connectivity index (χ0) is 23.1. The first-order valence-corrected chi connectivity index (χ1v) is 10.9. The van der Waals surface area contributed by atoms with Crippen LogP contribution in [0.1, 0.15) is 61.0 Å². The minimum absolute atomic E-state index is 0.0339. The van der Waals surface area contributed by atoms with Crippen LogP contribution in [0, 0.1) is 5.92 Å². The highest BCUT2D eigenvalue weighted by Crippen LogP contribution is 2.33. The number of phenols is 1. The predicted octanol–water partition coefficient (Wildman–Crippen LogP) is 3.34. The number of fused-ring (bicyclic) bond motifs is 1. The lowest BCUT2D eigenvalue weighted by Crippen LogP contribution is -2.33. The van der Waals surface area contributed by atoms with Gasteiger partial charge in [0.05, 0.1) is 11.8 Å². The molecule has 4 rings (SSSR count). The van der Waals surface area contributed by atoms with E-state index in [0.29, 0.717) is 30.5 Å². The summed E-state index contributed by atoms with van der Waals surface area (Å²) in [5.74, 6) is 0.147. The second-order valence-electron chi connectivity index (χ2n) is 8.43. The molecule has 1 heterocycles. The average molecular weight is 443 g/mol. The maximum Gasteiger partial charge on any atom is 0.407 e. The minimum atomic E-state index is -0.267. The number of aromatic nitrogens is 2. The monoisotopic (exact) mass is 442 g/mol. The molecule has 0 saturated heterocycles. The van der Waals surface area contributed by atoms with Crippen molar-refractivity contribution in [2.75, 3.05) is 5.32 Å². The summed E-state index contributed by atoms with van der Waals surface area (Å²) in [6.07, 6.45) is 7.58. The molecule has 0 aliphatic heterocycles. The molecular formula is C23H30N4O5. The van der Waals surface area contributed by atoms with Gasteiger partial charge in [0.15, 0.2) is 6.29 Å². The molecule has 2 aliphatic rings. The molecule has 2 aliphatic carbocycles. The van der Waals surface area contributed by atoms with E-state index in [1.54, 1.807) is 18.3 Å². The van der Waals surface area contributed by atoms with E-state index in [0.717, 1.165) is 24.0 Å². The molecule has 4 N–H and O–H groups in total. The summed E-state index contributed by atoms with van der Waals surface area (Å²) in [6.45, 7) is 3.85. The molecule has 1 aromatic heterocycles. The highest BCUT2D eigenvalue weighted by Gasteiger charge is 2.30. The Hall–Kier alpha value is -3.36. The normalized spacial score (nSPS) is 17.3. The summed E-state index contributed by atoms with van der Waals surface area (Å²) in [7, 11) is 0. The lowest BCUT2D eigenvalue weighted by molar-refractivity contribution is -0.119. The van der Waals surface area contributed by atoms with Crippen molar-refractivity contribution in [2.24, 2.45) is 5.92 Å². The lowest BCUT2D eigenvalue weighted by Gasteiger charge is -2.13. The summed E-state index contributed by atoms with van der Waals surface area (Å²) in [5.41, 5.74) is 2.00. The van der Waals surface area contributed by atoms with Gasteiger partial charge in [0.2, 0.25) is 5.91 Å². The summed E-state index contributed by atoms with van der Waals surface area (Å²) in [6, 6.07) is 5.10. The molecule has 1 fully saturated rings. The van der Waals surface area contributed by atoms with E-state index in [1.807, 2.05) is 13.8 Å². The van der Waals surface area contributed by atoms with Gasteiger partial charge >= 0.3 is 6.09 Å². The quantitative estimate of drug-likeness (QED) is 0.525. The third-order valence-electron chi connectivity index (χ3n) is 5.58. The number of ether oxygens (including phenoxy) is 1. The molecule has 0 spiro atoms. The number of rotatable bonds is 5. The van der Waals surface area contributed by atoms with E-state index < -0.39 is 0 Å². The van der Waals surface area contributed by atoms with Gasteiger partial charge in [0.25, 0.3) is 0 Å². The Morgan fingerprint density at radius 2 is 1.97 bits per heavy atom. The van der Waals surface area contributed by atoms with Gasteiger partial charge in [-0.1, -0.05) is 6.07 Å². The Bertz CT molecular complexity index is 936. The molecule has 9 nitrogen and oxygen atoms in total. The summed E-state index contributed by atoms with van der Waals surface area (Å²) in [5, 5.41) is 21.5. The van der Waals surface area contributed by atoms with Crippen molar-refractivity contribution in [1.29, 1.82) is 0 Å². The number of alkyl carbamates (subject to hydrolysis) is 1. The van der Waals surface area contributed by atoms with Crippen LogP contribution in [0.3, 0.4) is 0 Å². The molecule has 1 unspecified atom stereocenters. The van der Waals surface area contributed by atoms with Crippen molar-refractivity contribution in [1.82, 2.24) is 15.5 Å². The second kappa shape index (κ2) is 10.8. The van der Waals surface area contributed by atoms with Crippen LogP contribution in [0.2, 0.25) is 0 Å². The molecule has 0 radical (unpaired) electrons. The van der Waals surface area contributed by atoms with E-state index in [2.05, 4.69) is 20.8 Å². The van der Waals surface area contributed by atoms with Gasteiger partial charge in [-0.3, -0.25) is 14.7 Å². The van der Waals surface area contributed by atoms with Crippen LogP contribution in [-0.4, -0.2) is 45.7 Å². The Balaban J connectivity index is 0.000000207. The summed E-state index contributed by atoms with van der Waals surface area (Å²) in [4.78, 5) is 34.3. The number of carbonyl (C=O) groups excluding carboxylic acids is 3.